The molecule has 176 valence electrons. The lowest BCUT2D eigenvalue weighted by Gasteiger charge is -2.36. The number of fused-ring (bicyclic) bond motifs is 4. The molecule has 2 aromatic carbocycles. The van der Waals surface area contributed by atoms with Crippen molar-refractivity contribution in [1.29, 1.82) is 0 Å². The molecule has 0 saturated carbocycles. The van der Waals surface area contributed by atoms with E-state index in [9.17, 15) is 24.1 Å². The number of nitrogens with zero attached hydrogens (tertiary/aromatic N) is 3. The minimum Gasteiger partial charge on any atom is -0.324 e. The third kappa shape index (κ3) is 3.06. The fraction of sp³-hybridized carbons (Fsp3) is 0.240. The van der Waals surface area contributed by atoms with E-state index in [4.69, 9.17) is 0 Å². The lowest BCUT2D eigenvalue weighted by Crippen LogP contribution is -2.52. The maximum atomic E-state index is 14.5. The quantitative estimate of drug-likeness (QED) is 0.335. The molecule has 1 spiro atoms. The molecule has 4 atom stereocenters. The number of Topliss-reactive ketones (excluding diaryl/α,β-unsaturated/α-hetero) is 1. The first kappa shape index (κ1) is 21.9. The van der Waals surface area contributed by atoms with Gasteiger partial charge in [-0.1, -0.05) is 18.2 Å². The second-order valence-electron chi connectivity index (χ2n) is 8.88. The van der Waals surface area contributed by atoms with Crippen molar-refractivity contribution in [3.8, 4) is 0 Å². The fourth-order valence-corrected chi connectivity index (χ4v) is 7.23. The third-order valence-corrected chi connectivity index (χ3v) is 8.31. The van der Waals surface area contributed by atoms with Crippen LogP contribution in [0, 0.1) is 21.8 Å². The van der Waals surface area contributed by atoms with Crippen molar-refractivity contribution >= 4 is 34.8 Å². The summed E-state index contributed by atoms with van der Waals surface area (Å²) in [5.74, 6) is -1.40. The van der Waals surface area contributed by atoms with Crippen LogP contribution < -0.4 is 5.32 Å². The molecule has 3 aromatic rings. The van der Waals surface area contributed by atoms with Crippen LogP contribution in [0.4, 0.5) is 15.8 Å². The van der Waals surface area contributed by atoms with Gasteiger partial charge in [0.2, 0.25) is 5.91 Å². The Balaban J connectivity index is 1.60. The highest BCUT2D eigenvalue weighted by Gasteiger charge is 2.69. The van der Waals surface area contributed by atoms with Crippen LogP contribution in [0.15, 0.2) is 66.9 Å². The lowest BCUT2D eigenvalue weighted by atomic mass is 9.70. The van der Waals surface area contributed by atoms with Crippen molar-refractivity contribution < 1.29 is 18.9 Å². The molecule has 1 N–H and O–H groups in total. The highest BCUT2D eigenvalue weighted by Crippen LogP contribution is 2.61. The maximum Gasteiger partial charge on any atom is 0.269 e. The van der Waals surface area contributed by atoms with Gasteiger partial charge in [0, 0.05) is 53.2 Å². The smallest absolute Gasteiger partial charge is 0.269 e. The Kier molecular flexibility index (Phi) is 4.97. The van der Waals surface area contributed by atoms with Crippen molar-refractivity contribution in [2.75, 3.05) is 16.9 Å². The van der Waals surface area contributed by atoms with Crippen molar-refractivity contribution in [3.05, 3.63) is 99.6 Å². The zero-order valence-corrected chi connectivity index (χ0v) is 19.1. The van der Waals surface area contributed by atoms with Gasteiger partial charge in [-0.15, -0.1) is 11.8 Å². The van der Waals surface area contributed by atoms with E-state index in [1.165, 1.54) is 36.5 Å². The summed E-state index contributed by atoms with van der Waals surface area (Å²) < 4.78 is 14.5. The molecule has 3 aliphatic rings. The zero-order valence-electron chi connectivity index (χ0n) is 18.3. The fourth-order valence-electron chi connectivity index (χ4n) is 5.91. The van der Waals surface area contributed by atoms with E-state index in [1.54, 1.807) is 42.1 Å². The Labute approximate surface area is 203 Å². The van der Waals surface area contributed by atoms with Crippen LogP contribution in [0.25, 0.3) is 0 Å². The van der Waals surface area contributed by atoms with Crippen molar-refractivity contribution in [3.63, 3.8) is 0 Å². The number of benzene rings is 2. The second kappa shape index (κ2) is 7.96. The van der Waals surface area contributed by atoms with Gasteiger partial charge in [0.05, 0.1) is 10.8 Å². The summed E-state index contributed by atoms with van der Waals surface area (Å²) in [6, 6.07) is 15.1. The number of ketones is 1. The first-order chi connectivity index (χ1) is 16.9. The first-order valence-corrected chi connectivity index (χ1v) is 12.2. The monoisotopic (exact) mass is 490 g/mol. The van der Waals surface area contributed by atoms with Gasteiger partial charge in [0.15, 0.2) is 5.78 Å². The molecule has 0 aliphatic carbocycles. The van der Waals surface area contributed by atoms with E-state index >= 15 is 0 Å². The number of hydrogen-bond acceptors (Lipinski definition) is 7. The third-order valence-electron chi connectivity index (χ3n) is 7.27. The van der Waals surface area contributed by atoms with E-state index in [0.717, 1.165) is 5.56 Å². The Morgan fingerprint density at radius 1 is 1.20 bits per heavy atom. The highest BCUT2D eigenvalue weighted by molar-refractivity contribution is 7.99. The molecule has 2 saturated heterocycles. The number of thioether (sulfide) groups is 1. The summed E-state index contributed by atoms with van der Waals surface area (Å²) in [5.41, 5.74) is 0.376. The molecule has 10 heteroatoms. The van der Waals surface area contributed by atoms with Crippen LogP contribution in [-0.2, 0) is 10.3 Å². The summed E-state index contributed by atoms with van der Waals surface area (Å²) in [7, 11) is 0. The molecule has 0 unspecified atom stereocenters. The predicted octanol–water partition coefficient (Wildman–Crippen LogP) is 3.95. The normalized spacial score (nSPS) is 27.0. The number of carbonyl (C=O) groups excluding carboxylic acids is 2. The van der Waals surface area contributed by atoms with E-state index in [0.29, 0.717) is 22.9 Å². The number of carbonyl (C=O) groups is 2. The molecular weight excluding hydrogens is 471 g/mol. The minimum atomic E-state index is -1.42. The van der Waals surface area contributed by atoms with E-state index in [2.05, 4.69) is 10.3 Å². The number of pyridine rings is 1. The molecule has 1 amide bonds. The van der Waals surface area contributed by atoms with Gasteiger partial charge < -0.3 is 5.32 Å². The maximum absolute atomic E-state index is 14.5. The van der Waals surface area contributed by atoms with Crippen molar-refractivity contribution in [2.24, 2.45) is 5.92 Å². The number of hydrogen-bond donors (Lipinski definition) is 1. The van der Waals surface area contributed by atoms with Crippen molar-refractivity contribution in [1.82, 2.24) is 9.88 Å². The van der Waals surface area contributed by atoms with Crippen LogP contribution in [-0.4, -0.2) is 44.2 Å². The topological polar surface area (TPSA) is 105 Å². The minimum absolute atomic E-state index is 0.0576. The van der Waals surface area contributed by atoms with Gasteiger partial charge in [-0.2, -0.15) is 0 Å². The molecule has 8 nitrogen and oxygen atoms in total. The van der Waals surface area contributed by atoms with Gasteiger partial charge in [-0.05, 0) is 35.9 Å². The molecular formula is C25H19FN4O4S. The van der Waals surface area contributed by atoms with Gasteiger partial charge in [-0.25, -0.2) is 4.39 Å². The standard InChI is InChI=1S/C25H19FN4O4S/c26-15-6-9-18-17(11-15)25(24(32)28-18)22(23(31)19-3-1-2-10-27-19)21(20-12-35-13-29(20)25)14-4-7-16(8-5-14)30(33)34/h1-11,20-22H,12-13H2,(H,28,32)/t20-,21+,22+,25+/m0/s1. The number of rotatable bonds is 4. The van der Waals surface area contributed by atoms with Crippen LogP contribution in [0.2, 0.25) is 0 Å². The number of non-ortho nitro benzene ring substituents is 1. The van der Waals surface area contributed by atoms with Crippen LogP contribution in [0.5, 0.6) is 0 Å². The number of halogens is 1. The molecule has 35 heavy (non-hydrogen) atoms. The predicted molar refractivity (Wildman–Crippen MR) is 128 cm³/mol. The second-order valence-corrected chi connectivity index (χ2v) is 9.88. The molecule has 0 radical (unpaired) electrons. The summed E-state index contributed by atoms with van der Waals surface area (Å²) in [4.78, 5) is 45.0. The van der Waals surface area contributed by atoms with Crippen molar-refractivity contribution in [2.45, 2.75) is 17.5 Å². The number of nitro groups is 1. The van der Waals surface area contributed by atoms with E-state index in [-0.39, 0.29) is 29.1 Å². The lowest BCUT2D eigenvalue weighted by molar-refractivity contribution is -0.384. The summed E-state index contributed by atoms with van der Waals surface area (Å²) >= 11 is 1.64. The molecule has 3 aliphatic heterocycles. The molecule has 4 heterocycles. The number of aromatic nitrogens is 1. The highest BCUT2D eigenvalue weighted by atomic mass is 32.2. The Morgan fingerprint density at radius 2 is 2.00 bits per heavy atom. The SMILES string of the molecule is O=C(c1ccccn1)[C@H]1[C@H](c2ccc([N+](=O)[O-])cc2)[C@@H]2CSCN2[C@@]12C(=O)Nc1ccc(F)cc12. The van der Waals surface area contributed by atoms with Gasteiger partial charge in [-0.3, -0.25) is 29.6 Å². The average Bonchev–Trinajstić information content (AvgIpc) is 3.53. The summed E-state index contributed by atoms with van der Waals surface area (Å²) in [5, 5.41) is 14.1. The van der Waals surface area contributed by atoms with Gasteiger partial charge in [0.1, 0.15) is 17.1 Å². The average molecular weight is 491 g/mol. The Hall–Kier alpha value is -3.63. The van der Waals surface area contributed by atoms with E-state index in [1.807, 2.05) is 4.90 Å². The molecule has 6 rings (SSSR count). The van der Waals surface area contributed by atoms with E-state index < -0.39 is 28.1 Å². The van der Waals surface area contributed by atoms with Gasteiger partial charge >= 0.3 is 0 Å². The first-order valence-electron chi connectivity index (χ1n) is 11.1. The van der Waals surface area contributed by atoms with Crippen LogP contribution in [0.3, 0.4) is 0 Å². The number of anilines is 1. The summed E-state index contributed by atoms with van der Waals surface area (Å²) in [6.45, 7) is 0. The molecule has 1 aromatic heterocycles. The largest absolute Gasteiger partial charge is 0.324 e. The van der Waals surface area contributed by atoms with Crippen LogP contribution in [0.1, 0.15) is 27.5 Å². The number of amides is 1. The van der Waals surface area contributed by atoms with Gasteiger partial charge in [0.25, 0.3) is 5.69 Å². The molecule has 2 fully saturated rings. The molecule has 0 bridgehead atoms. The Morgan fingerprint density at radius 3 is 2.71 bits per heavy atom. The van der Waals surface area contributed by atoms with Crippen LogP contribution >= 0.6 is 11.8 Å². The zero-order chi connectivity index (χ0) is 24.3. The number of nitro benzene ring substituents is 1. The summed E-state index contributed by atoms with van der Waals surface area (Å²) in [6.07, 6.45) is 1.52. The Bertz CT molecular complexity index is 1370. The number of nitrogens with one attached hydrogen (secondary N) is 1.